The van der Waals surface area contributed by atoms with Gasteiger partial charge in [0.25, 0.3) is 0 Å². The summed E-state index contributed by atoms with van der Waals surface area (Å²) in [5.74, 6) is 0. The van der Waals surface area contributed by atoms with Gasteiger partial charge in [0.2, 0.25) is 0 Å². The first-order chi connectivity index (χ1) is 11.6. The molecule has 0 bridgehead atoms. The van der Waals surface area contributed by atoms with Crippen molar-refractivity contribution in [3.05, 3.63) is 76.6 Å². The minimum Gasteiger partial charge on any atom is -0.305 e. The van der Waals surface area contributed by atoms with Gasteiger partial charge in [0.05, 0.1) is 5.69 Å². The molecule has 24 heavy (non-hydrogen) atoms. The molecule has 0 atom stereocenters. The molecule has 2 aromatic carbocycles. The van der Waals surface area contributed by atoms with E-state index in [9.17, 15) is 0 Å². The van der Waals surface area contributed by atoms with E-state index in [0.29, 0.717) is 0 Å². The first-order valence-electron chi connectivity index (χ1n) is 8.67. The Balaban J connectivity index is 2.07. The first-order valence-corrected chi connectivity index (χ1v) is 8.67. The van der Waals surface area contributed by atoms with Gasteiger partial charge in [0, 0.05) is 24.5 Å². The number of rotatable bonds is 5. The maximum Gasteiger partial charge on any atom is 0.0525 e. The van der Waals surface area contributed by atoms with Crippen molar-refractivity contribution in [2.24, 2.45) is 0 Å². The SMILES string of the molecule is CCc1c(C)cccc1Cc1nccc2c(CN(C)C)cccc12. The van der Waals surface area contributed by atoms with E-state index >= 15 is 0 Å². The van der Waals surface area contributed by atoms with Gasteiger partial charge >= 0.3 is 0 Å². The standard InChI is InChI=1S/C22H26N2/c1-5-19-16(2)8-6-9-17(19)14-22-21-11-7-10-18(15-24(3)4)20(21)12-13-23-22/h6-13H,5,14-15H2,1-4H3. The average molecular weight is 318 g/mol. The number of pyridine rings is 1. The third-order valence-corrected chi connectivity index (χ3v) is 4.68. The van der Waals surface area contributed by atoms with Crippen LogP contribution in [0.2, 0.25) is 0 Å². The smallest absolute Gasteiger partial charge is 0.0525 e. The lowest BCUT2D eigenvalue weighted by Crippen LogP contribution is -2.11. The van der Waals surface area contributed by atoms with Crippen LogP contribution in [0.25, 0.3) is 10.8 Å². The molecule has 0 aliphatic carbocycles. The van der Waals surface area contributed by atoms with Gasteiger partial charge in [-0.1, -0.05) is 43.3 Å². The largest absolute Gasteiger partial charge is 0.305 e. The van der Waals surface area contributed by atoms with E-state index in [0.717, 1.165) is 19.4 Å². The van der Waals surface area contributed by atoms with Crippen molar-refractivity contribution in [1.82, 2.24) is 9.88 Å². The zero-order valence-electron chi connectivity index (χ0n) is 15.1. The molecule has 1 heterocycles. The summed E-state index contributed by atoms with van der Waals surface area (Å²) in [5, 5.41) is 2.60. The van der Waals surface area contributed by atoms with E-state index in [1.165, 1.54) is 38.7 Å². The van der Waals surface area contributed by atoms with Gasteiger partial charge < -0.3 is 4.90 Å². The van der Waals surface area contributed by atoms with E-state index in [1.54, 1.807) is 0 Å². The number of aromatic nitrogens is 1. The van der Waals surface area contributed by atoms with Crippen molar-refractivity contribution in [2.75, 3.05) is 14.1 Å². The van der Waals surface area contributed by atoms with Gasteiger partial charge in [-0.2, -0.15) is 0 Å². The zero-order valence-corrected chi connectivity index (χ0v) is 15.1. The highest BCUT2D eigenvalue weighted by molar-refractivity contribution is 5.87. The Morgan fingerprint density at radius 2 is 1.67 bits per heavy atom. The minimum absolute atomic E-state index is 0.896. The van der Waals surface area contributed by atoms with Crippen LogP contribution in [0.3, 0.4) is 0 Å². The number of fused-ring (bicyclic) bond motifs is 1. The summed E-state index contributed by atoms with van der Waals surface area (Å²) in [5.41, 5.74) is 6.77. The molecule has 0 saturated heterocycles. The molecule has 2 heteroatoms. The van der Waals surface area contributed by atoms with Crippen LogP contribution in [0, 0.1) is 6.92 Å². The van der Waals surface area contributed by atoms with Crippen molar-refractivity contribution >= 4 is 10.8 Å². The van der Waals surface area contributed by atoms with Crippen LogP contribution < -0.4 is 0 Å². The van der Waals surface area contributed by atoms with E-state index in [-0.39, 0.29) is 0 Å². The van der Waals surface area contributed by atoms with Gasteiger partial charge in [-0.05, 0) is 61.1 Å². The Labute approximate surface area is 145 Å². The third-order valence-electron chi connectivity index (χ3n) is 4.68. The van der Waals surface area contributed by atoms with Gasteiger partial charge in [0.15, 0.2) is 0 Å². The molecule has 0 fully saturated rings. The van der Waals surface area contributed by atoms with Crippen LogP contribution in [0.1, 0.15) is 34.9 Å². The second-order valence-corrected chi connectivity index (χ2v) is 6.75. The highest BCUT2D eigenvalue weighted by Crippen LogP contribution is 2.25. The van der Waals surface area contributed by atoms with E-state index < -0.39 is 0 Å². The molecule has 0 N–H and O–H groups in total. The fourth-order valence-corrected chi connectivity index (χ4v) is 3.57. The number of hydrogen-bond acceptors (Lipinski definition) is 2. The van der Waals surface area contributed by atoms with Crippen LogP contribution in [-0.4, -0.2) is 24.0 Å². The topological polar surface area (TPSA) is 16.1 Å². The highest BCUT2D eigenvalue weighted by atomic mass is 15.0. The summed E-state index contributed by atoms with van der Waals surface area (Å²) in [7, 11) is 4.22. The summed E-state index contributed by atoms with van der Waals surface area (Å²) >= 11 is 0. The Kier molecular flexibility index (Phi) is 4.96. The normalized spacial score (nSPS) is 11.4. The first kappa shape index (κ1) is 16.7. The van der Waals surface area contributed by atoms with Crippen molar-refractivity contribution in [3.63, 3.8) is 0 Å². The summed E-state index contributed by atoms with van der Waals surface area (Å²) in [4.78, 5) is 6.93. The molecule has 0 saturated carbocycles. The molecule has 3 aromatic rings. The monoisotopic (exact) mass is 318 g/mol. The second kappa shape index (κ2) is 7.14. The van der Waals surface area contributed by atoms with Crippen molar-refractivity contribution < 1.29 is 0 Å². The number of aryl methyl sites for hydroxylation is 1. The van der Waals surface area contributed by atoms with Crippen LogP contribution in [-0.2, 0) is 19.4 Å². The molecule has 2 nitrogen and oxygen atoms in total. The Hall–Kier alpha value is -2.19. The molecule has 0 unspecified atom stereocenters. The van der Waals surface area contributed by atoms with Crippen molar-refractivity contribution in [2.45, 2.75) is 33.2 Å². The van der Waals surface area contributed by atoms with Crippen molar-refractivity contribution in [1.29, 1.82) is 0 Å². The predicted octanol–water partition coefficient (Wildman–Crippen LogP) is 4.76. The quantitative estimate of drug-likeness (QED) is 0.674. The third kappa shape index (κ3) is 3.34. The predicted molar refractivity (Wildman–Crippen MR) is 102 cm³/mol. The lowest BCUT2D eigenvalue weighted by atomic mass is 9.94. The maximum absolute atomic E-state index is 4.71. The Bertz CT molecular complexity index is 850. The molecule has 1 aromatic heterocycles. The minimum atomic E-state index is 0.896. The molecule has 3 rings (SSSR count). The molecule has 0 aliphatic heterocycles. The maximum atomic E-state index is 4.71. The van der Waals surface area contributed by atoms with Crippen molar-refractivity contribution in [3.8, 4) is 0 Å². The molecule has 0 aliphatic rings. The van der Waals surface area contributed by atoms with Gasteiger partial charge in [-0.15, -0.1) is 0 Å². The number of benzene rings is 2. The van der Waals surface area contributed by atoms with E-state index in [2.05, 4.69) is 75.3 Å². The summed E-state index contributed by atoms with van der Waals surface area (Å²) in [6.45, 7) is 5.39. The van der Waals surface area contributed by atoms with Crippen LogP contribution in [0.15, 0.2) is 48.7 Å². The highest BCUT2D eigenvalue weighted by Gasteiger charge is 2.10. The van der Waals surface area contributed by atoms with Crippen LogP contribution >= 0.6 is 0 Å². The Morgan fingerprint density at radius 1 is 0.917 bits per heavy atom. The van der Waals surface area contributed by atoms with Crippen LogP contribution in [0.5, 0.6) is 0 Å². The zero-order chi connectivity index (χ0) is 17.1. The molecule has 0 amide bonds. The van der Waals surface area contributed by atoms with E-state index in [1.807, 2.05) is 6.20 Å². The van der Waals surface area contributed by atoms with E-state index in [4.69, 9.17) is 4.98 Å². The van der Waals surface area contributed by atoms with Gasteiger partial charge in [-0.25, -0.2) is 0 Å². The number of nitrogens with zero attached hydrogens (tertiary/aromatic N) is 2. The summed E-state index contributed by atoms with van der Waals surface area (Å²) in [6.07, 6.45) is 3.92. The molecule has 0 spiro atoms. The molecule has 124 valence electrons. The van der Waals surface area contributed by atoms with Crippen LogP contribution in [0.4, 0.5) is 0 Å². The Morgan fingerprint density at radius 3 is 2.42 bits per heavy atom. The fraction of sp³-hybridized carbons (Fsp3) is 0.318. The average Bonchev–Trinajstić information content (AvgIpc) is 2.55. The van der Waals surface area contributed by atoms with Gasteiger partial charge in [0.1, 0.15) is 0 Å². The molecule has 0 radical (unpaired) electrons. The molecular formula is C22H26N2. The molecular weight excluding hydrogens is 292 g/mol. The fourth-order valence-electron chi connectivity index (χ4n) is 3.57. The lowest BCUT2D eigenvalue weighted by Gasteiger charge is -2.15. The summed E-state index contributed by atoms with van der Waals surface area (Å²) < 4.78 is 0. The second-order valence-electron chi connectivity index (χ2n) is 6.75. The lowest BCUT2D eigenvalue weighted by molar-refractivity contribution is 0.404. The summed E-state index contributed by atoms with van der Waals surface area (Å²) in [6, 6.07) is 15.3. The van der Waals surface area contributed by atoms with Gasteiger partial charge in [-0.3, -0.25) is 4.98 Å². The number of hydrogen-bond donors (Lipinski definition) is 0.